The molecule has 0 aliphatic heterocycles. The smallest absolute Gasteiger partial charge is 0.269 e. The van der Waals surface area contributed by atoms with Gasteiger partial charge in [-0.3, -0.25) is 14.6 Å². The normalized spacial score (nSPS) is 11.0. The molecule has 0 bridgehead atoms. The van der Waals surface area contributed by atoms with Crippen LogP contribution in [0.5, 0.6) is 5.75 Å². The van der Waals surface area contributed by atoms with Crippen LogP contribution in [-0.2, 0) is 10.0 Å². The Bertz CT molecular complexity index is 927. The van der Waals surface area contributed by atoms with Crippen LogP contribution in [0.15, 0.2) is 47.5 Å². The summed E-state index contributed by atoms with van der Waals surface area (Å²) in [5, 5.41) is 11.1. The Morgan fingerprint density at radius 2 is 1.83 bits per heavy atom. The Labute approximate surface area is 169 Å². The molecule has 0 aliphatic rings. The molecule has 10 heteroatoms. The summed E-state index contributed by atoms with van der Waals surface area (Å²) >= 11 is 0. The molecule has 0 unspecified atom stereocenters. The van der Waals surface area contributed by atoms with Gasteiger partial charge in [-0.15, -0.1) is 0 Å². The number of ether oxygens (including phenoxy) is 1. The number of amides is 2. The maximum Gasteiger partial charge on any atom is 0.269 e. The Morgan fingerprint density at radius 3 is 2.41 bits per heavy atom. The highest BCUT2D eigenvalue weighted by molar-refractivity contribution is 7.90. The lowest BCUT2D eigenvalue weighted by atomic mass is 10.2. The van der Waals surface area contributed by atoms with E-state index < -0.39 is 21.8 Å². The average molecular weight is 421 g/mol. The molecule has 1 aromatic heterocycles. The standard InChI is InChI=1S/C19H23N3O6S/c1-2-3-12-28-15-5-7-16(8-6-15)29(26,27)22-18(24)14-4-9-17(21-13-14)19(25)20-10-11-23/h4-9,13,23H,2-3,10-12H2,1H3,(H,20,25)(H,22,24). The van der Waals surface area contributed by atoms with E-state index in [9.17, 15) is 18.0 Å². The lowest BCUT2D eigenvalue weighted by Crippen LogP contribution is -2.31. The van der Waals surface area contributed by atoms with E-state index in [1.54, 1.807) is 0 Å². The van der Waals surface area contributed by atoms with E-state index in [0.717, 1.165) is 19.0 Å². The molecule has 2 amide bonds. The van der Waals surface area contributed by atoms with Crippen LogP contribution in [0, 0.1) is 0 Å². The van der Waals surface area contributed by atoms with E-state index >= 15 is 0 Å². The van der Waals surface area contributed by atoms with E-state index in [1.807, 2.05) is 11.6 Å². The van der Waals surface area contributed by atoms with Crippen molar-refractivity contribution < 1.29 is 27.9 Å². The molecule has 1 heterocycles. The van der Waals surface area contributed by atoms with Crippen molar-refractivity contribution in [2.45, 2.75) is 24.7 Å². The van der Waals surface area contributed by atoms with Crippen molar-refractivity contribution in [3.8, 4) is 5.75 Å². The van der Waals surface area contributed by atoms with Gasteiger partial charge in [0.15, 0.2) is 0 Å². The van der Waals surface area contributed by atoms with Crippen LogP contribution < -0.4 is 14.8 Å². The van der Waals surface area contributed by atoms with Crippen LogP contribution >= 0.6 is 0 Å². The van der Waals surface area contributed by atoms with Crippen LogP contribution in [0.1, 0.15) is 40.6 Å². The predicted octanol–water partition coefficient (Wildman–Crippen LogP) is 1.10. The van der Waals surface area contributed by atoms with Crippen LogP contribution in [0.4, 0.5) is 0 Å². The number of nitrogens with zero attached hydrogens (tertiary/aromatic N) is 1. The third-order valence-electron chi connectivity index (χ3n) is 3.78. The van der Waals surface area contributed by atoms with Gasteiger partial charge in [0.05, 0.1) is 23.7 Å². The summed E-state index contributed by atoms with van der Waals surface area (Å²) in [6.45, 7) is 2.44. The fourth-order valence-electron chi connectivity index (χ4n) is 2.21. The molecule has 2 aromatic rings. The van der Waals surface area contributed by atoms with Gasteiger partial charge in [-0.05, 0) is 42.8 Å². The molecule has 0 atom stereocenters. The minimum absolute atomic E-state index is 0.0215. The highest BCUT2D eigenvalue weighted by Gasteiger charge is 2.19. The van der Waals surface area contributed by atoms with Crippen molar-refractivity contribution in [2.75, 3.05) is 19.8 Å². The Hall–Kier alpha value is -2.98. The van der Waals surface area contributed by atoms with E-state index in [2.05, 4.69) is 10.3 Å². The van der Waals surface area contributed by atoms with Crippen LogP contribution in [0.25, 0.3) is 0 Å². The summed E-state index contributed by atoms with van der Waals surface area (Å²) < 4.78 is 32.2. The topological polar surface area (TPSA) is 135 Å². The number of hydrogen-bond acceptors (Lipinski definition) is 7. The summed E-state index contributed by atoms with van der Waals surface area (Å²) in [5.41, 5.74) is 0.0170. The van der Waals surface area contributed by atoms with Gasteiger partial charge in [-0.25, -0.2) is 13.1 Å². The number of sulfonamides is 1. The quantitative estimate of drug-likeness (QED) is 0.489. The predicted molar refractivity (Wildman–Crippen MR) is 105 cm³/mol. The SMILES string of the molecule is CCCCOc1ccc(S(=O)(=O)NC(=O)c2ccc(C(=O)NCCO)nc2)cc1. The molecule has 9 nitrogen and oxygen atoms in total. The number of carbonyl (C=O) groups excluding carboxylic acids is 2. The Balaban J connectivity index is 2.02. The molecule has 1 aromatic carbocycles. The number of benzene rings is 1. The minimum atomic E-state index is -4.08. The molecule has 0 fully saturated rings. The molecule has 0 radical (unpaired) electrons. The molecule has 2 rings (SSSR count). The van der Waals surface area contributed by atoms with Gasteiger partial charge in [0.25, 0.3) is 21.8 Å². The Kier molecular flexibility index (Phi) is 8.10. The maximum absolute atomic E-state index is 12.4. The van der Waals surface area contributed by atoms with Crippen molar-refractivity contribution in [3.63, 3.8) is 0 Å². The second-order valence-corrected chi connectivity index (χ2v) is 7.70. The highest BCUT2D eigenvalue weighted by atomic mass is 32.2. The number of carbonyl (C=O) groups is 2. The average Bonchev–Trinajstić information content (AvgIpc) is 2.72. The van der Waals surface area contributed by atoms with Crippen LogP contribution in [-0.4, -0.2) is 50.1 Å². The number of nitrogens with one attached hydrogen (secondary N) is 2. The largest absolute Gasteiger partial charge is 0.494 e. The number of aliphatic hydroxyl groups is 1. The van der Waals surface area contributed by atoms with Crippen LogP contribution in [0.2, 0.25) is 0 Å². The fourth-order valence-corrected chi connectivity index (χ4v) is 3.19. The molecule has 0 saturated heterocycles. The first kappa shape index (κ1) is 22.3. The first-order chi connectivity index (χ1) is 13.9. The molecule has 29 heavy (non-hydrogen) atoms. The zero-order chi connectivity index (χ0) is 21.3. The van der Waals surface area contributed by atoms with E-state index in [-0.39, 0.29) is 29.3 Å². The minimum Gasteiger partial charge on any atom is -0.494 e. The summed E-state index contributed by atoms with van der Waals surface area (Å²) in [7, 11) is -4.08. The van der Waals surface area contributed by atoms with Crippen LogP contribution in [0.3, 0.4) is 0 Å². The number of pyridine rings is 1. The molecule has 0 aliphatic carbocycles. The number of unbranched alkanes of at least 4 members (excludes halogenated alkanes) is 1. The molecular formula is C19H23N3O6S. The van der Waals surface area contributed by atoms with E-state index in [4.69, 9.17) is 9.84 Å². The van der Waals surface area contributed by atoms with Gasteiger partial charge in [0.1, 0.15) is 11.4 Å². The number of rotatable bonds is 10. The lowest BCUT2D eigenvalue weighted by Gasteiger charge is -2.09. The Morgan fingerprint density at radius 1 is 1.10 bits per heavy atom. The van der Waals surface area contributed by atoms with Crippen molar-refractivity contribution in [2.24, 2.45) is 0 Å². The fraction of sp³-hybridized carbons (Fsp3) is 0.316. The van der Waals surface area contributed by atoms with Gasteiger partial charge in [0.2, 0.25) is 0 Å². The molecule has 3 N–H and O–H groups in total. The van der Waals surface area contributed by atoms with Crippen molar-refractivity contribution >= 4 is 21.8 Å². The third-order valence-corrected chi connectivity index (χ3v) is 5.13. The number of hydrogen-bond donors (Lipinski definition) is 3. The van der Waals surface area contributed by atoms with Gasteiger partial charge >= 0.3 is 0 Å². The van der Waals surface area contributed by atoms with Gasteiger partial charge in [0, 0.05) is 12.7 Å². The summed E-state index contributed by atoms with van der Waals surface area (Å²) in [6.07, 6.45) is 2.98. The van der Waals surface area contributed by atoms with E-state index in [0.29, 0.717) is 12.4 Å². The summed E-state index contributed by atoms with van der Waals surface area (Å²) in [5.74, 6) is -0.842. The van der Waals surface area contributed by atoms with Gasteiger partial charge in [-0.2, -0.15) is 0 Å². The molecule has 0 spiro atoms. The van der Waals surface area contributed by atoms with Crippen molar-refractivity contribution in [1.29, 1.82) is 0 Å². The number of aromatic nitrogens is 1. The second-order valence-electron chi connectivity index (χ2n) is 6.02. The van der Waals surface area contributed by atoms with Gasteiger partial charge in [-0.1, -0.05) is 13.3 Å². The summed E-state index contributed by atoms with van der Waals surface area (Å²) in [6, 6.07) is 8.33. The number of aliphatic hydroxyl groups excluding tert-OH is 1. The highest BCUT2D eigenvalue weighted by Crippen LogP contribution is 2.16. The third kappa shape index (κ3) is 6.54. The van der Waals surface area contributed by atoms with Crippen molar-refractivity contribution in [3.05, 3.63) is 53.9 Å². The summed E-state index contributed by atoms with van der Waals surface area (Å²) in [4.78, 5) is 27.7. The zero-order valence-corrected chi connectivity index (χ0v) is 16.7. The second kappa shape index (κ2) is 10.5. The lowest BCUT2D eigenvalue weighted by molar-refractivity contribution is 0.0936. The molecule has 0 saturated carbocycles. The zero-order valence-electron chi connectivity index (χ0n) is 15.9. The molecular weight excluding hydrogens is 398 g/mol. The van der Waals surface area contributed by atoms with E-state index in [1.165, 1.54) is 36.4 Å². The first-order valence-electron chi connectivity index (χ1n) is 9.02. The van der Waals surface area contributed by atoms with Crippen molar-refractivity contribution in [1.82, 2.24) is 15.0 Å². The first-order valence-corrected chi connectivity index (χ1v) is 10.5. The van der Waals surface area contributed by atoms with Gasteiger partial charge < -0.3 is 15.2 Å². The molecule has 156 valence electrons. The maximum atomic E-state index is 12.4. The monoisotopic (exact) mass is 421 g/mol.